The van der Waals surface area contributed by atoms with E-state index in [1.165, 1.54) is 32.1 Å². The molecule has 20 heavy (non-hydrogen) atoms. The van der Waals surface area contributed by atoms with Crippen LogP contribution in [0.4, 0.5) is 0 Å². The molecular formula is C15H33NO4. The van der Waals surface area contributed by atoms with Crippen LogP contribution in [0.5, 0.6) is 0 Å². The van der Waals surface area contributed by atoms with Crippen molar-refractivity contribution in [1.82, 2.24) is 4.90 Å². The molecule has 0 rings (SSSR count). The summed E-state index contributed by atoms with van der Waals surface area (Å²) in [6.45, 7) is 4.66. The molecule has 1 atom stereocenters. The van der Waals surface area contributed by atoms with Gasteiger partial charge in [-0.3, -0.25) is 4.90 Å². The quantitative estimate of drug-likeness (QED) is 0.393. The molecule has 0 aliphatic carbocycles. The Labute approximate surface area is 123 Å². The van der Waals surface area contributed by atoms with E-state index in [4.69, 9.17) is 14.9 Å². The largest absolute Gasteiger partial charge is 0.395 e. The maximum atomic E-state index is 9.82. The van der Waals surface area contributed by atoms with Crippen LogP contribution in [0.2, 0.25) is 0 Å². The number of nitrogens with zero attached hydrogens (tertiary/aromatic N) is 1. The van der Waals surface area contributed by atoms with Crippen molar-refractivity contribution in [2.24, 2.45) is 0 Å². The van der Waals surface area contributed by atoms with Gasteiger partial charge in [-0.1, -0.05) is 39.0 Å². The first-order chi connectivity index (χ1) is 9.74. The number of aliphatic hydroxyl groups is 3. The van der Waals surface area contributed by atoms with Gasteiger partial charge in [-0.05, 0) is 6.42 Å². The Morgan fingerprint density at radius 3 is 2.15 bits per heavy atom. The Kier molecular flexibility index (Phi) is 15.0. The fourth-order valence-electron chi connectivity index (χ4n) is 2.13. The number of unbranched alkanes of at least 4 members (excludes halogenated alkanes) is 5. The van der Waals surface area contributed by atoms with Gasteiger partial charge >= 0.3 is 0 Å². The van der Waals surface area contributed by atoms with Crippen LogP contribution in [0.15, 0.2) is 0 Å². The summed E-state index contributed by atoms with van der Waals surface area (Å²) in [6, 6.07) is 0. The Morgan fingerprint density at radius 1 is 0.950 bits per heavy atom. The van der Waals surface area contributed by atoms with Gasteiger partial charge in [0.1, 0.15) is 0 Å². The molecular weight excluding hydrogens is 258 g/mol. The lowest BCUT2D eigenvalue weighted by Gasteiger charge is -2.23. The maximum absolute atomic E-state index is 9.82. The van der Waals surface area contributed by atoms with Crippen LogP contribution in [0.1, 0.15) is 45.4 Å². The molecule has 5 heteroatoms. The van der Waals surface area contributed by atoms with Crippen LogP contribution in [0, 0.1) is 0 Å². The molecule has 0 heterocycles. The van der Waals surface area contributed by atoms with Gasteiger partial charge in [0, 0.05) is 26.2 Å². The third-order valence-corrected chi connectivity index (χ3v) is 3.25. The van der Waals surface area contributed by atoms with E-state index in [1.54, 1.807) is 0 Å². The van der Waals surface area contributed by atoms with Crippen LogP contribution < -0.4 is 0 Å². The minimum absolute atomic E-state index is 0.0331. The summed E-state index contributed by atoms with van der Waals surface area (Å²) in [7, 11) is 0. The number of hydrogen-bond donors (Lipinski definition) is 3. The first-order valence-corrected chi connectivity index (χ1v) is 7.94. The molecule has 0 aromatic heterocycles. The van der Waals surface area contributed by atoms with Gasteiger partial charge in [0.25, 0.3) is 0 Å². The van der Waals surface area contributed by atoms with Crippen LogP contribution in [0.25, 0.3) is 0 Å². The molecule has 0 saturated carbocycles. The van der Waals surface area contributed by atoms with E-state index >= 15 is 0 Å². The summed E-state index contributed by atoms with van der Waals surface area (Å²) >= 11 is 0. The maximum Gasteiger partial charge on any atom is 0.0900 e. The molecule has 5 nitrogen and oxygen atoms in total. The van der Waals surface area contributed by atoms with E-state index < -0.39 is 6.10 Å². The van der Waals surface area contributed by atoms with Crippen LogP contribution >= 0.6 is 0 Å². The van der Waals surface area contributed by atoms with Crippen molar-refractivity contribution in [3.05, 3.63) is 0 Å². The van der Waals surface area contributed by atoms with Gasteiger partial charge in [-0.15, -0.1) is 0 Å². The van der Waals surface area contributed by atoms with Crippen molar-refractivity contribution >= 4 is 0 Å². The first kappa shape index (κ1) is 19.8. The predicted octanol–water partition coefficient (Wildman–Crippen LogP) is 1.01. The van der Waals surface area contributed by atoms with Crippen LogP contribution in [-0.4, -0.2) is 72.4 Å². The molecule has 0 amide bonds. The van der Waals surface area contributed by atoms with Gasteiger partial charge in [0.2, 0.25) is 0 Å². The number of aliphatic hydroxyl groups excluding tert-OH is 3. The lowest BCUT2D eigenvalue weighted by atomic mass is 10.1. The van der Waals surface area contributed by atoms with E-state index in [2.05, 4.69) is 6.92 Å². The van der Waals surface area contributed by atoms with Crippen molar-refractivity contribution in [1.29, 1.82) is 0 Å². The van der Waals surface area contributed by atoms with Gasteiger partial charge in [0.05, 0.1) is 25.9 Å². The highest BCUT2D eigenvalue weighted by atomic mass is 16.5. The molecule has 0 aliphatic rings. The standard InChI is InChI=1S/C15H33NO4/c1-2-3-4-5-6-7-12-20-14-15(19)13-16(8-10-17)9-11-18/h15,17-19H,2-14H2,1H3/t15-/m0/s1. The Hall–Kier alpha value is -0.200. The van der Waals surface area contributed by atoms with E-state index in [-0.39, 0.29) is 13.2 Å². The number of rotatable bonds is 15. The molecule has 0 aromatic carbocycles. The summed E-state index contributed by atoms with van der Waals surface area (Å²) in [5, 5.41) is 27.6. The highest BCUT2D eigenvalue weighted by Gasteiger charge is 2.11. The van der Waals surface area contributed by atoms with Crippen molar-refractivity contribution in [2.45, 2.75) is 51.6 Å². The molecule has 0 aromatic rings. The second-order valence-corrected chi connectivity index (χ2v) is 5.24. The SMILES string of the molecule is CCCCCCCCOC[C@@H](O)CN(CCO)CCO. The number of hydrogen-bond acceptors (Lipinski definition) is 5. The Morgan fingerprint density at radius 2 is 1.55 bits per heavy atom. The van der Waals surface area contributed by atoms with Crippen molar-refractivity contribution in [3.8, 4) is 0 Å². The monoisotopic (exact) mass is 291 g/mol. The molecule has 0 saturated heterocycles. The minimum Gasteiger partial charge on any atom is -0.395 e. The average Bonchev–Trinajstić information content (AvgIpc) is 2.42. The lowest BCUT2D eigenvalue weighted by molar-refractivity contribution is 0.0103. The Balaban J connectivity index is 3.44. The smallest absolute Gasteiger partial charge is 0.0900 e. The molecule has 122 valence electrons. The molecule has 3 N–H and O–H groups in total. The second-order valence-electron chi connectivity index (χ2n) is 5.24. The molecule has 0 fully saturated rings. The first-order valence-electron chi connectivity index (χ1n) is 7.94. The normalized spacial score (nSPS) is 13.1. The summed E-state index contributed by atoms with van der Waals surface area (Å²) < 4.78 is 5.46. The highest BCUT2D eigenvalue weighted by Crippen LogP contribution is 2.05. The van der Waals surface area contributed by atoms with Gasteiger partial charge in [-0.2, -0.15) is 0 Å². The van der Waals surface area contributed by atoms with Crippen molar-refractivity contribution < 1.29 is 20.1 Å². The van der Waals surface area contributed by atoms with E-state index in [0.29, 0.717) is 32.8 Å². The topological polar surface area (TPSA) is 73.2 Å². The summed E-state index contributed by atoms with van der Waals surface area (Å²) in [5.41, 5.74) is 0. The van der Waals surface area contributed by atoms with Gasteiger partial charge in [0.15, 0.2) is 0 Å². The molecule has 0 spiro atoms. The zero-order chi connectivity index (χ0) is 15.1. The minimum atomic E-state index is -0.562. The van der Waals surface area contributed by atoms with Crippen LogP contribution in [-0.2, 0) is 4.74 Å². The third-order valence-electron chi connectivity index (χ3n) is 3.25. The van der Waals surface area contributed by atoms with Gasteiger partial charge in [-0.25, -0.2) is 0 Å². The zero-order valence-corrected chi connectivity index (χ0v) is 13.0. The van der Waals surface area contributed by atoms with Crippen molar-refractivity contribution in [3.63, 3.8) is 0 Å². The zero-order valence-electron chi connectivity index (χ0n) is 13.0. The fourth-order valence-corrected chi connectivity index (χ4v) is 2.13. The average molecular weight is 291 g/mol. The second kappa shape index (κ2) is 15.2. The van der Waals surface area contributed by atoms with E-state index in [0.717, 1.165) is 6.42 Å². The summed E-state index contributed by atoms with van der Waals surface area (Å²) in [4.78, 5) is 1.83. The molecule has 0 bridgehead atoms. The number of ether oxygens (including phenoxy) is 1. The third kappa shape index (κ3) is 12.8. The molecule has 0 radical (unpaired) electrons. The predicted molar refractivity (Wildman–Crippen MR) is 80.8 cm³/mol. The Bertz CT molecular complexity index is 187. The summed E-state index contributed by atoms with van der Waals surface area (Å²) in [5.74, 6) is 0. The van der Waals surface area contributed by atoms with Crippen LogP contribution in [0.3, 0.4) is 0 Å². The van der Waals surface area contributed by atoms with E-state index in [9.17, 15) is 5.11 Å². The van der Waals surface area contributed by atoms with Gasteiger partial charge < -0.3 is 20.1 Å². The lowest BCUT2D eigenvalue weighted by Crippen LogP contribution is -2.38. The summed E-state index contributed by atoms with van der Waals surface area (Å²) in [6.07, 6.45) is 6.82. The molecule has 0 unspecified atom stereocenters. The van der Waals surface area contributed by atoms with Crippen molar-refractivity contribution in [2.75, 3.05) is 46.1 Å². The van der Waals surface area contributed by atoms with E-state index in [1.807, 2.05) is 4.90 Å². The fraction of sp³-hybridized carbons (Fsp3) is 1.00. The highest BCUT2D eigenvalue weighted by molar-refractivity contribution is 4.63. The molecule has 0 aliphatic heterocycles.